The molecule has 0 aliphatic carbocycles. The van der Waals surface area contributed by atoms with E-state index in [1.807, 2.05) is 0 Å². The number of esters is 2. The fourth-order valence-corrected chi connectivity index (χ4v) is 4.59. The highest BCUT2D eigenvalue weighted by atomic mass is 17.2. The fraction of sp³-hybridized carbons (Fsp3) is 0.257. The van der Waals surface area contributed by atoms with Gasteiger partial charge in [0.05, 0.1) is 23.3 Å². The zero-order valence-corrected chi connectivity index (χ0v) is 27.3. The zero-order valence-electron chi connectivity index (χ0n) is 27.3. The van der Waals surface area contributed by atoms with Gasteiger partial charge in [0.2, 0.25) is 0 Å². The number of carbonyl (C=O) groups is 8. The molecule has 15 nitrogen and oxygen atoms in total. The summed E-state index contributed by atoms with van der Waals surface area (Å²) in [5, 5.41) is 30.2. The summed E-state index contributed by atoms with van der Waals surface area (Å²) in [6, 6.07) is 23.4. The molecule has 0 amide bonds. The molecule has 3 aromatic rings. The average Bonchev–Trinajstić information content (AvgIpc) is 3.11. The Morgan fingerprint density at radius 3 is 1.26 bits per heavy atom. The maximum absolute atomic E-state index is 13.0. The highest BCUT2D eigenvalue weighted by molar-refractivity contribution is 6.45. The summed E-state index contributed by atoms with van der Waals surface area (Å²) in [5.41, 5.74) is -6.49. The predicted molar refractivity (Wildman–Crippen MR) is 169 cm³/mol. The van der Waals surface area contributed by atoms with Crippen LogP contribution in [0.3, 0.4) is 0 Å². The second-order valence-electron chi connectivity index (χ2n) is 10.4. The van der Waals surface area contributed by atoms with Crippen molar-refractivity contribution in [1.82, 2.24) is 0 Å². The first-order chi connectivity index (χ1) is 23.6. The number of aliphatic hydroxyl groups is 3. The highest BCUT2D eigenvalue weighted by Gasteiger charge is 2.73. The van der Waals surface area contributed by atoms with Gasteiger partial charge >= 0.3 is 23.9 Å². The molecule has 3 N–H and O–H groups in total. The number of ketones is 4. The van der Waals surface area contributed by atoms with Crippen molar-refractivity contribution in [2.24, 2.45) is 0 Å². The molecule has 0 unspecified atom stereocenters. The van der Waals surface area contributed by atoms with Crippen LogP contribution < -0.4 is 0 Å². The summed E-state index contributed by atoms with van der Waals surface area (Å²) in [5.74, 6) is -10.2. The van der Waals surface area contributed by atoms with E-state index in [4.69, 9.17) is 9.47 Å². The first-order valence-electron chi connectivity index (χ1n) is 14.6. The molecule has 0 saturated heterocycles. The van der Waals surface area contributed by atoms with Gasteiger partial charge in [-0.05, 0) is 50.2 Å². The summed E-state index contributed by atoms with van der Waals surface area (Å²) in [6.45, 7) is 1.56. The van der Waals surface area contributed by atoms with Gasteiger partial charge in [0.1, 0.15) is 12.2 Å². The Bertz CT molecular complexity index is 1650. The Labute approximate surface area is 285 Å². The molecular weight excluding hydrogens is 660 g/mol. The fourth-order valence-electron chi connectivity index (χ4n) is 4.59. The van der Waals surface area contributed by atoms with E-state index in [0.29, 0.717) is 31.9 Å². The lowest BCUT2D eigenvalue weighted by Crippen LogP contribution is -2.77. The van der Waals surface area contributed by atoms with Gasteiger partial charge in [0.15, 0.2) is 17.3 Å². The van der Waals surface area contributed by atoms with Crippen LogP contribution in [0.2, 0.25) is 0 Å². The first kappa shape index (κ1) is 40.3. The topological polar surface area (TPSA) is 234 Å². The van der Waals surface area contributed by atoms with E-state index >= 15 is 0 Å². The van der Waals surface area contributed by atoms with Crippen LogP contribution in [0, 0.1) is 0 Å². The van der Waals surface area contributed by atoms with E-state index in [0.717, 1.165) is 6.92 Å². The van der Waals surface area contributed by atoms with E-state index in [2.05, 4.69) is 9.78 Å². The van der Waals surface area contributed by atoms with E-state index in [1.54, 1.807) is 60.7 Å². The molecular formula is C35H34O15. The SMILES string of the molecule is CC(=O)O[C@@](C(C)=O)(C(=O)C(C)=O)[C@](OC(=O)c1ccccc1)(C(C)=O)[C@H](O)[C@H](O)CO.O=C(OOC(=O)c1ccccc1)c1ccccc1. The normalized spacial score (nSPS) is 14.0. The van der Waals surface area contributed by atoms with Crippen molar-refractivity contribution in [3.8, 4) is 0 Å². The van der Waals surface area contributed by atoms with Gasteiger partial charge in [0, 0.05) is 13.8 Å². The van der Waals surface area contributed by atoms with Crippen LogP contribution >= 0.6 is 0 Å². The van der Waals surface area contributed by atoms with E-state index in [1.165, 1.54) is 30.3 Å². The van der Waals surface area contributed by atoms with Crippen LogP contribution in [0.4, 0.5) is 0 Å². The second kappa shape index (κ2) is 18.0. The number of hydrogen-bond donors (Lipinski definition) is 3. The Morgan fingerprint density at radius 2 is 0.960 bits per heavy atom. The van der Waals surface area contributed by atoms with E-state index in [9.17, 15) is 53.7 Å². The second-order valence-corrected chi connectivity index (χ2v) is 10.4. The molecule has 15 heteroatoms. The van der Waals surface area contributed by atoms with Crippen molar-refractivity contribution in [3.63, 3.8) is 0 Å². The van der Waals surface area contributed by atoms with Gasteiger partial charge < -0.3 is 24.8 Å². The molecule has 0 aromatic heterocycles. The number of benzene rings is 3. The smallest absolute Gasteiger partial charge is 0.386 e. The van der Waals surface area contributed by atoms with Crippen LogP contribution in [0.1, 0.15) is 58.8 Å². The average molecular weight is 695 g/mol. The minimum atomic E-state index is -3.49. The van der Waals surface area contributed by atoms with Crippen molar-refractivity contribution in [2.45, 2.75) is 51.1 Å². The van der Waals surface area contributed by atoms with Gasteiger partial charge in [-0.2, -0.15) is 0 Å². The lowest BCUT2D eigenvalue weighted by Gasteiger charge is -2.46. The van der Waals surface area contributed by atoms with Gasteiger partial charge in [-0.3, -0.25) is 24.0 Å². The minimum Gasteiger partial charge on any atom is -0.439 e. The summed E-state index contributed by atoms with van der Waals surface area (Å²) < 4.78 is 10.1. The Hall–Kier alpha value is -5.90. The van der Waals surface area contributed by atoms with Crippen LogP contribution in [-0.4, -0.2) is 92.3 Å². The van der Waals surface area contributed by atoms with Crippen LogP contribution in [-0.2, 0) is 43.2 Å². The number of Topliss-reactive ketones (excluding diaryl/α,β-unsaturated/α-hetero) is 4. The molecule has 0 aliphatic heterocycles. The Balaban J connectivity index is 0.000000403. The third-order valence-electron chi connectivity index (χ3n) is 6.92. The largest absolute Gasteiger partial charge is 0.439 e. The summed E-state index contributed by atoms with van der Waals surface area (Å²) in [7, 11) is 0. The first-order valence-corrected chi connectivity index (χ1v) is 14.6. The molecule has 0 spiro atoms. The quantitative estimate of drug-likeness (QED) is 0.0757. The molecule has 0 saturated carbocycles. The molecule has 0 heterocycles. The predicted octanol–water partition coefficient (Wildman–Crippen LogP) is 1.55. The van der Waals surface area contributed by atoms with Gasteiger partial charge in [-0.1, -0.05) is 54.6 Å². The summed E-state index contributed by atoms with van der Waals surface area (Å²) in [6.07, 6.45) is -4.94. The molecule has 0 bridgehead atoms. The Morgan fingerprint density at radius 1 is 0.580 bits per heavy atom. The monoisotopic (exact) mass is 694 g/mol. The molecule has 264 valence electrons. The Kier molecular flexibility index (Phi) is 14.5. The number of hydrogen-bond acceptors (Lipinski definition) is 15. The molecule has 4 atom stereocenters. The van der Waals surface area contributed by atoms with E-state index < -0.39 is 77.0 Å². The standard InChI is InChI=1S/C21H24O11.C14H10O4/c1-11(23)17(28)20(12(2)24,31-14(4)26)21(13(3)25,18(29)16(27)10-22)32-19(30)15-8-6-5-7-9-15;15-13(11-7-3-1-4-8-11)17-18-14(16)12-9-5-2-6-10-12/h5-9,16,18,22,27,29H,10H2,1-4H3;1-10H/t16-,18-,20+,21+;/m1./s1. The third kappa shape index (κ3) is 9.16. The van der Waals surface area contributed by atoms with Crippen LogP contribution in [0.5, 0.6) is 0 Å². The van der Waals surface area contributed by atoms with Gasteiger partial charge in [0.25, 0.3) is 17.0 Å². The molecule has 3 aromatic carbocycles. The number of ether oxygens (including phenoxy) is 2. The van der Waals surface area contributed by atoms with Gasteiger partial charge in [-0.15, -0.1) is 0 Å². The van der Waals surface area contributed by atoms with Crippen molar-refractivity contribution >= 4 is 47.0 Å². The molecule has 50 heavy (non-hydrogen) atoms. The lowest BCUT2D eigenvalue weighted by atomic mass is 9.68. The zero-order chi connectivity index (χ0) is 37.6. The van der Waals surface area contributed by atoms with Crippen molar-refractivity contribution in [2.75, 3.05) is 6.61 Å². The van der Waals surface area contributed by atoms with E-state index in [-0.39, 0.29) is 5.56 Å². The van der Waals surface area contributed by atoms with Crippen LogP contribution in [0.15, 0.2) is 91.0 Å². The molecule has 3 rings (SSSR count). The third-order valence-corrected chi connectivity index (χ3v) is 6.92. The van der Waals surface area contributed by atoms with Crippen LogP contribution in [0.25, 0.3) is 0 Å². The summed E-state index contributed by atoms with van der Waals surface area (Å²) in [4.78, 5) is 107. The lowest BCUT2D eigenvalue weighted by molar-refractivity contribution is -0.226. The maximum Gasteiger partial charge on any atom is 0.386 e. The molecule has 0 aliphatic rings. The van der Waals surface area contributed by atoms with Crippen molar-refractivity contribution in [1.29, 1.82) is 0 Å². The van der Waals surface area contributed by atoms with Gasteiger partial charge in [-0.25, -0.2) is 24.2 Å². The molecule has 0 radical (unpaired) electrons. The van der Waals surface area contributed by atoms with Crippen molar-refractivity contribution < 1.29 is 72.9 Å². The maximum atomic E-state index is 13.0. The van der Waals surface area contributed by atoms with Crippen molar-refractivity contribution in [3.05, 3.63) is 108 Å². The summed E-state index contributed by atoms with van der Waals surface area (Å²) >= 11 is 0. The molecule has 0 fully saturated rings. The number of aliphatic hydroxyl groups excluding tert-OH is 3. The highest BCUT2D eigenvalue weighted by Crippen LogP contribution is 2.39. The minimum absolute atomic E-state index is 0.209. The number of rotatable bonds is 13. The number of carbonyl (C=O) groups excluding carboxylic acids is 8.